The summed E-state index contributed by atoms with van der Waals surface area (Å²) >= 11 is 0. The summed E-state index contributed by atoms with van der Waals surface area (Å²) in [6.07, 6.45) is 0. The Kier molecular flexibility index (Phi) is 5.70. The Hall–Kier alpha value is -3.06. The Balaban J connectivity index is 1.71. The predicted molar refractivity (Wildman–Crippen MR) is 97.4 cm³/mol. The van der Waals surface area contributed by atoms with Crippen LogP contribution < -0.4 is 19.9 Å². The van der Waals surface area contributed by atoms with E-state index in [1.54, 1.807) is 7.11 Å². The molecule has 0 unspecified atom stereocenters. The molecule has 0 fully saturated rings. The highest BCUT2D eigenvalue weighted by atomic mass is 16.5. The van der Waals surface area contributed by atoms with Gasteiger partial charge in [-0.2, -0.15) is 5.10 Å². The molecule has 0 amide bonds. The summed E-state index contributed by atoms with van der Waals surface area (Å²) in [4.78, 5) is 4.43. The van der Waals surface area contributed by atoms with Crippen LogP contribution in [0.4, 0.5) is 0 Å². The highest BCUT2D eigenvalue weighted by Gasteiger charge is 2.17. The first-order valence-electron chi connectivity index (χ1n) is 8.36. The van der Waals surface area contributed by atoms with Gasteiger partial charge in [0.25, 0.3) is 0 Å². The fourth-order valence-corrected chi connectivity index (χ4v) is 2.49. The van der Waals surface area contributed by atoms with Gasteiger partial charge in [0.2, 0.25) is 0 Å². The minimum Gasteiger partial charge on any atom is -0.493 e. The van der Waals surface area contributed by atoms with E-state index in [0.717, 1.165) is 11.3 Å². The van der Waals surface area contributed by atoms with Gasteiger partial charge >= 0.3 is 0 Å². The number of aromatic nitrogens is 3. The minimum atomic E-state index is -0.484. The van der Waals surface area contributed by atoms with Gasteiger partial charge in [0.15, 0.2) is 23.1 Å². The summed E-state index contributed by atoms with van der Waals surface area (Å²) in [7, 11) is 1.60. The number of nitrogens with zero attached hydrogens (tertiary/aromatic N) is 2. The average molecular weight is 354 g/mol. The third-order valence-corrected chi connectivity index (χ3v) is 3.79. The number of aromatic amines is 1. The Morgan fingerprint density at radius 1 is 1.08 bits per heavy atom. The van der Waals surface area contributed by atoms with Gasteiger partial charge in [0.05, 0.1) is 19.8 Å². The third-order valence-electron chi connectivity index (χ3n) is 3.79. The van der Waals surface area contributed by atoms with Gasteiger partial charge in [-0.05, 0) is 36.8 Å². The van der Waals surface area contributed by atoms with Crippen LogP contribution in [0.1, 0.15) is 30.2 Å². The summed E-state index contributed by atoms with van der Waals surface area (Å²) in [5, 5.41) is 7.08. The fraction of sp³-hybridized carbons (Fsp3) is 0.263. The topological polar surface area (TPSA) is 95.3 Å². The van der Waals surface area contributed by atoms with E-state index in [4.69, 9.17) is 19.9 Å². The average Bonchev–Trinajstić information content (AvgIpc) is 3.16. The molecule has 7 nitrogen and oxygen atoms in total. The molecule has 7 heteroatoms. The van der Waals surface area contributed by atoms with E-state index in [0.29, 0.717) is 29.8 Å². The third kappa shape index (κ3) is 4.12. The van der Waals surface area contributed by atoms with Crippen LogP contribution in [0.2, 0.25) is 0 Å². The largest absolute Gasteiger partial charge is 0.493 e. The molecular formula is C19H22N4O3. The Morgan fingerprint density at radius 2 is 1.88 bits per heavy atom. The lowest BCUT2D eigenvalue weighted by Crippen LogP contribution is -2.14. The first-order valence-corrected chi connectivity index (χ1v) is 8.36. The minimum absolute atomic E-state index is 0.288. The summed E-state index contributed by atoms with van der Waals surface area (Å²) < 4.78 is 16.6. The Labute approximate surface area is 152 Å². The monoisotopic (exact) mass is 354 g/mol. The molecule has 0 aliphatic rings. The summed E-state index contributed by atoms with van der Waals surface area (Å²) in [6, 6.07) is 14.6. The van der Waals surface area contributed by atoms with Crippen molar-refractivity contribution in [2.45, 2.75) is 19.6 Å². The normalized spacial score (nSPS) is 11.8. The molecule has 26 heavy (non-hydrogen) atoms. The van der Waals surface area contributed by atoms with E-state index >= 15 is 0 Å². The number of rotatable bonds is 8. The van der Waals surface area contributed by atoms with Gasteiger partial charge in [0.1, 0.15) is 12.4 Å². The summed E-state index contributed by atoms with van der Waals surface area (Å²) in [6.45, 7) is 2.74. The van der Waals surface area contributed by atoms with Crippen molar-refractivity contribution < 1.29 is 14.2 Å². The first kappa shape index (κ1) is 17.8. The number of ether oxygens (including phenoxy) is 3. The highest BCUT2D eigenvalue weighted by Crippen LogP contribution is 2.31. The van der Waals surface area contributed by atoms with E-state index in [1.807, 2.05) is 55.5 Å². The van der Waals surface area contributed by atoms with Crippen molar-refractivity contribution in [3.63, 3.8) is 0 Å². The van der Waals surface area contributed by atoms with E-state index in [-0.39, 0.29) is 6.61 Å². The van der Waals surface area contributed by atoms with Crippen LogP contribution in [-0.4, -0.2) is 28.9 Å². The number of hydrogen-bond acceptors (Lipinski definition) is 6. The second-order valence-electron chi connectivity index (χ2n) is 5.56. The van der Waals surface area contributed by atoms with Crippen LogP contribution in [0.25, 0.3) is 0 Å². The zero-order valence-corrected chi connectivity index (χ0v) is 14.8. The first-order chi connectivity index (χ1) is 12.7. The number of H-pyrrole nitrogens is 1. The van der Waals surface area contributed by atoms with Gasteiger partial charge in [0, 0.05) is 0 Å². The molecule has 2 aromatic carbocycles. The summed E-state index contributed by atoms with van der Waals surface area (Å²) in [5.41, 5.74) is 7.15. The Bertz CT molecular complexity index is 836. The predicted octanol–water partition coefficient (Wildman–Crippen LogP) is 2.84. The van der Waals surface area contributed by atoms with E-state index in [2.05, 4.69) is 15.2 Å². The highest BCUT2D eigenvalue weighted by molar-refractivity contribution is 5.44. The van der Waals surface area contributed by atoms with Crippen molar-refractivity contribution in [1.82, 2.24) is 15.2 Å². The molecule has 0 bridgehead atoms. The van der Waals surface area contributed by atoms with Gasteiger partial charge in [-0.1, -0.05) is 24.3 Å². The number of methoxy groups -OCH3 is 1. The van der Waals surface area contributed by atoms with Crippen LogP contribution in [0.5, 0.6) is 17.2 Å². The molecule has 3 aromatic rings. The fourth-order valence-electron chi connectivity index (χ4n) is 2.49. The summed E-state index contributed by atoms with van der Waals surface area (Å²) in [5.74, 6) is 3.18. The van der Waals surface area contributed by atoms with E-state index < -0.39 is 6.04 Å². The SMILES string of the molecule is CCOc1cc([C@@H](N)c2n[nH]c(COc3ccccc3)n2)ccc1OC. The van der Waals surface area contributed by atoms with Crippen LogP contribution in [0, 0.1) is 0 Å². The lowest BCUT2D eigenvalue weighted by Gasteiger charge is -2.13. The zero-order valence-electron chi connectivity index (χ0n) is 14.8. The molecule has 1 heterocycles. The zero-order chi connectivity index (χ0) is 18.4. The molecule has 0 aliphatic carbocycles. The van der Waals surface area contributed by atoms with Crippen LogP contribution in [-0.2, 0) is 6.61 Å². The molecule has 3 rings (SSSR count). The van der Waals surface area contributed by atoms with Gasteiger partial charge in [-0.15, -0.1) is 0 Å². The molecule has 136 valence electrons. The van der Waals surface area contributed by atoms with Crippen molar-refractivity contribution >= 4 is 0 Å². The molecule has 0 aliphatic heterocycles. The molecule has 0 saturated carbocycles. The number of nitrogens with one attached hydrogen (secondary N) is 1. The van der Waals surface area contributed by atoms with Crippen molar-refractivity contribution in [2.75, 3.05) is 13.7 Å². The van der Waals surface area contributed by atoms with E-state index in [1.165, 1.54) is 0 Å². The second-order valence-corrected chi connectivity index (χ2v) is 5.56. The maximum absolute atomic E-state index is 6.31. The lowest BCUT2D eigenvalue weighted by atomic mass is 10.1. The van der Waals surface area contributed by atoms with Gasteiger partial charge in [-0.3, -0.25) is 5.10 Å². The van der Waals surface area contributed by atoms with Crippen molar-refractivity contribution in [1.29, 1.82) is 0 Å². The molecule has 1 aromatic heterocycles. The van der Waals surface area contributed by atoms with Crippen LogP contribution in [0.15, 0.2) is 48.5 Å². The van der Waals surface area contributed by atoms with Crippen LogP contribution >= 0.6 is 0 Å². The van der Waals surface area contributed by atoms with Crippen LogP contribution in [0.3, 0.4) is 0 Å². The van der Waals surface area contributed by atoms with Crippen molar-refractivity contribution in [3.8, 4) is 17.2 Å². The maximum atomic E-state index is 6.31. The lowest BCUT2D eigenvalue weighted by molar-refractivity contribution is 0.296. The maximum Gasteiger partial charge on any atom is 0.172 e. The van der Waals surface area contributed by atoms with Gasteiger partial charge in [-0.25, -0.2) is 4.98 Å². The smallest absolute Gasteiger partial charge is 0.172 e. The molecule has 0 saturated heterocycles. The van der Waals surface area contributed by atoms with Crippen molar-refractivity contribution in [3.05, 3.63) is 65.7 Å². The van der Waals surface area contributed by atoms with E-state index in [9.17, 15) is 0 Å². The molecule has 0 spiro atoms. The standard InChI is InChI=1S/C19H22N4O3/c1-3-25-16-11-13(9-10-15(16)24-2)18(20)19-21-17(22-23-19)12-26-14-7-5-4-6-8-14/h4-11,18H,3,12,20H2,1-2H3,(H,21,22,23)/t18-/m1/s1. The molecule has 3 N–H and O–H groups in total. The Morgan fingerprint density at radius 3 is 2.62 bits per heavy atom. The number of benzene rings is 2. The second kappa shape index (κ2) is 8.35. The van der Waals surface area contributed by atoms with Crippen molar-refractivity contribution in [2.24, 2.45) is 5.73 Å². The van der Waals surface area contributed by atoms with Gasteiger partial charge < -0.3 is 19.9 Å². The number of nitrogens with two attached hydrogens (primary N) is 1. The number of hydrogen-bond donors (Lipinski definition) is 2. The molecule has 1 atom stereocenters. The molecule has 0 radical (unpaired) electrons. The quantitative estimate of drug-likeness (QED) is 0.646. The molecular weight excluding hydrogens is 332 g/mol. The number of para-hydroxylation sites is 1.